The van der Waals surface area contributed by atoms with Crippen LogP contribution >= 0.6 is 0 Å². The third-order valence-electron chi connectivity index (χ3n) is 3.60. The first-order chi connectivity index (χ1) is 12.9. The van der Waals surface area contributed by atoms with Crippen LogP contribution in [0.1, 0.15) is 17.5 Å². The van der Waals surface area contributed by atoms with E-state index in [9.17, 15) is 18.0 Å². The van der Waals surface area contributed by atoms with Gasteiger partial charge in [-0.05, 0) is 29.8 Å². The fourth-order valence-corrected chi connectivity index (χ4v) is 2.26. The summed E-state index contributed by atoms with van der Waals surface area (Å²) in [4.78, 5) is 15.4. The molecule has 0 aliphatic heterocycles. The van der Waals surface area contributed by atoms with Gasteiger partial charge in [0.25, 0.3) is 0 Å². The topological polar surface area (TPSA) is 57.1 Å². The van der Waals surface area contributed by atoms with Crippen LogP contribution in [0.5, 0.6) is 0 Å². The highest BCUT2D eigenvalue weighted by atomic mass is 19.4. The quantitative estimate of drug-likeness (QED) is 0.507. The number of allylic oxidation sites excluding steroid dienone is 4. The van der Waals surface area contributed by atoms with Crippen molar-refractivity contribution in [1.29, 1.82) is 0 Å². The summed E-state index contributed by atoms with van der Waals surface area (Å²) in [7, 11) is 1.28. The van der Waals surface area contributed by atoms with Crippen LogP contribution in [-0.2, 0) is 31.8 Å². The van der Waals surface area contributed by atoms with Gasteiger partial charge < -0.3 is 14.2 Å². The summed E-state index contributed by atoms with van der Waals surface area (Å²) in [6, 6.07) is 5.04. The van der Waals surface area contributed by atoms with Crippen molar-refractivity contribution in [2.45, 2.75) is 19.2 Å². The third-order valence-corrected chi connectivity index (χ3v) is 3.60. The number of carbonyl (C=O) groups excluding carboxylic acids is 1. The first kappa shape index (κ1) is 20.7. The Labute approximate surface area is 155 Å². The van der Waals surface area contributed by atoms with Crippen molar-refractivity contribution in [2.75, 3.05) is 26.9 Å². The largest absolute Gasteiger partial charge is 0.486 e. The Bertz CT molecular complexity index is 739. The van der Waals surface area contributed by atoms with E-state index in [2.05, 4.69) is 9.73 Å². The molecule has 146 valence electrons. The standard InChI is InChI=1S/C19H20F3NO4/c1-25-18(24)13-27-17-7-3-6-16(11-17)23-8-9-26-12-14-4-2-5-15(10-14)19(20,21)22/h2-7,10H,8-9,11-13H2,1H3. The minimum atomic E-state index is -4.36. The van der Waals surface area contributed by atoms with E-state index in [1.165, 1.54) is 13.2 Å². The van der Waals surface area contributed by atoms with Crippen molar-refractivity contribution in [2.24, 2.45) is 4.99 Å². The Morgan fingerprint density at radius 1 is 1.30 bits per heavy atom. The lowest BCUT2D eigenvalue weighted by molar-refractivity contribution is -0.144. The molecular formula is C19H20F3NO4. The Balaban J connectivity index is 1.73. The van der Waals surface area contributed by atoms with Gasteiger partial charge in [-0.25, -0.2) is 4.79 Å². The normalized spacial score (nSPS) is 15.6. The molecule has 1 aromatic rings. The molecular weight excluding hydrogens is 363 g/mol. The zero-order chi connectivity index (χ0) is 19.7. The molecule has 0 saturated heterocycles. The molecule has 5 nitrogen and oxygen atoms in total. The van der Waals surface area contributed by atoms with Crippen molar-refractivity contribution in [1.82, 2.24) is 0 Å². The molecule has 1 aliphatic rings. The molecule has 0 bridgehead atoms. The molecule has 0 heterocycles. The number of nitrogens with zero attached hydrogens (tertiary/aromatic N) is 1. The van der Waals surface area contributed by atoms with Crippen molar-refractivity contribution in [3.05, 3.63) is 59.4 Å². The summed E-state index contributed by atoms with van der Waals surface area (Å²) in [6.07, 6.45) is 1.40. The first-order valence-electron chi connectivity index (χ1n) is 8.22. The van der Waals surface area contributed by atoms with Crippen molar-refractivity contribution in [3.8, 4) is 0 Å². The smallest absolute Gasteiger partial charge is 0.416 e. The summed E-state index contributed by atoms with van der Waals surface area (Å²) in [5.41, 5.74) is 0.527. The molecule has 0 amide bonds. The van der Waals surface area contributed by atoms with E-state index in [0.717, 1.165) is 17.8 Å². The Morgan fingerprint density at radius 2 is 2.11 bits per heavy atom. The van der Waals surface area contributed by atoms with Gasteiger partial charge >= 0.3 is 12.1 Å². The number of benzene rings is 1. The predicted molar refractivity (Wildman–Crippen MR) is 93.2 cm³/mol. The Hall–Kier alpha value is -2.61. The summed E-state index contributed by atoms with van der Waals surface area (Å²) in [5.74, 6) is 0.137. The van der Waals surface area contributed by atoms with Gasteiger partial charge in [-0.2, -0.15) is 13.2 Å². The molecule has 1 aliphatic carbocycles. The minimum Gasteiger partial charge on any atom is -0.486 e. The third kappa shape index (κ3) is 7.26. The number of alkyl halides is 3. The number of rotatable bonds is 8. The number of hydrogen-bond donors (Lipinski definition) is 0. The van der Waals surface area contributed by atoms with Crippen LogP contribution in [0.4, 0.5) is 13.2 Å². The number of methoxy groups -OCH3 is 1. The SMILES string of the molecule is COC(=O)COC1=CC=CC(=NCCOCc2cccc(C(F)(F)F)c2)C1. The van der Waals surface area contributed by atoms with E-state index in [1.807, 2.05) is 6.08 Å². The molecule has 8 heteroatoms. The second kappa shape index (κ2) is 9.91. The highest BCUT2D eigenvalue weighted by molar-refractivity contribution is 5.97. The van der Waals surface area contributed by atoms with Crippen LogP contribution < -0.4 is 0 Å². The van der Waals surface area contributed by atoms with Crippen molar-refractivity contribution >= 4 is 11.7 Å². The zero-order valence-corrected chi connectivity index (χ0v) is 14.8. The van der Waals surface area contributed by atoms with Crippen LogP contribution in [0.15, 0.2) is 53.2 Å². The highest BCUT2D eigenvalue weighted by Crippen LogP contribution is 2.29. The molecule has 0 unspecified atom stereocenters. The molecule has 0 N–H and O–H groups in total. The van der Waals surface area contributed by atoms with Crippen LogP contribution in [0.3, 0.4) is 0 Å². The van der Waals surface area contributed by atoms with E-state index in [0.29, 0.717) is 24.3 Å². The van der Waals surface area contributed by atoms with Gasteiger partial charge in [0.05, 0.1) is 32.4 Å². The average molecular weight is 383 g/mol. The van der Waals surface area contributed by atoms with E-state index in [4.69, 9.17) is 9.47 Å². The monoisotopic (exact) mass is 383 g/mol. The maximum absolute atomic E-state index is 12.7. The average Bonchev–Trinajstić information content (AvgIpc) is 2.65. The predicted octanol–water partition coefficient (Wildman–Crippen LogP) is 3.70. The summed E-state index contributed by atoms with van der Waals surface area (Å²) in [6.45, 7) is 0.556. The number of carbonyl (C=O) groups is 1. The Kier molecular flexibility index (Phi) is 7.60. The van der Waals surface area contributed by atoms with E-state index in [-0.39, 0.29) is 19.8 Å². The van der Waals surface area contributed by atoms with E-state index >= 15 is 0 Å². The molecule has 27 heavy (non-hydrogen) atoms. The zero-order valence-electron chi connectivity index (χ0n) is 14.8. The number of esters is 1. The maximum Gasteiger partial charge on any atom is 0.416 e. The molecule has 0 spiro atoms. The number of aliphatic imine (C=N–C) groups is 1. The van der Waals surface area contributed by atoms with Crippen LogP contribution in [0, 0.1) is 0 Å². The van der Waals surface area contributed by atoms with Gasteiger partial charge in [-0.15, -0.1) is 0 Å². The maximum atomic E-state index is 12.7. The van der Waals surface area contributed by atoms with Gasteiger partial charge in [-0.1, -0.05) is 18.2 Å². The second-order valence-corrected chi connectivity index (χ2v) is 5.66. The van der Waals surface area contributed by atoms with Crippen LogP contribution in [0.25, 0.3) is 0 Å². The molecule has 0 atom stereocenters. The molecule has 0 aromatic heterocycles. The summed E-state index contributed by atoms with van der Waals surface area (Å²) < 4.78 is 53.2. The molecule has 1 aromatic carbocycles. The van der Waals surface area contributed by atoms with Gasteiger partial charge in [0.1, 0.15) is 5.76 Å². The minimum absolute atomic E-state index is 0.0814. The number of ether oxygens (including phenoxy) is 3. The first-order valence-corrected chi connectivity index (χ1v) is 8.22. The lowest BCUT2D eigenvalue weighted by Crippen LogP contribution is -2.13. The lowest BCUT2D eigenvalue weighted by atomic mass is 10.1. The van der Waals surface area contributed by atoms with Crippen LogP contribution in [0.2, 0.25) is 0 Å². The van der Waals surface area contributed by atoms with E-state index in [1.54, 1.807) is 18.2 Å². The molecule has 0 saturated carbocycles. The fraction of sp³-hybridized carbons (Fsp3) is 0.368. The fourth-order valence-electron chi connectivity index (χ4n) is 2.26. The molecule has 0 fully saturated rings. The summed E-state index contributed by atoms with van der Waals surface area (Å²) in [5, 5.41) is 0. The van der Waals surface area contributed by atoms with Gasteiger partial charge in [-0.3, -0.25) is 4.99 Å². The van der Waals surface area contributed by atoms with Gasteiger partial charge in [0.2, 0.25) is 0 Å². The van der Waals surface area contributed by atoms with Gasteiger partial charge in [0, 0.05) is 12.1 Å². The Morgan fingerprint density at radius 3 is 2.85 bits per heavy atom. The molecule has 2 rings (SSSR count). The molecule has 0 radical (unpaired) electrons. The number of hydrogen-bond acceptors (Lipinski definition) is 5. The highest BCUT2D eigenvalue weighted by Gasteiger charge is 2.30. The van der Waals surface area contributed by atoms with Crippen LogP contribution in [-0.4, -0.2) is 38.5 Å². The number of halogens is 3. The summed E-state index contributed by atoms with van der Waals surface area (Å²) >= 11 is 0. The van der Waals surface area contributed by atoms with Gasteiger partial charge in [0.15, 0.2) is 6.61 Å². The second-order valence-electron chi connectivity index (χ2n) is 5.66. The van der Waals surface area contributed by atoms with Crippen molar-refractivity contribution < 1.29 is 32.2 Å². The lowest BCUT2D eigenvalue weighted by Gasteiger charge is -2.12. The van der Waals surface area contributed by atoms with Crippen molar-refractivity contribution in [3.63, 3.8) is 0 Å². The van der Waals surface area contributed by atoms with E-state index < -0.39 is 17.7 Å².